The van der Waals surface area contributed by atoms with Crippen LogP contribution in [-0.4, -0.2) is 21.1 Å². The standard InChI is InChI=1S/C17H18BN3/c1-12-8-16-17(9-13(12)2)21(4)18(20(16)3)15-7-5-6-14(10-15)11-19/h5-10H,1-4H3. The molecule has 0 unspecified atom stereocenters. The van der Waals surface area contributed by atoms with Gasteiger partial charge in [-0.2, -0.15) is 5.26 Å². The molecule has 4 heteroatoms. The van der Waals surface area contributed by atoms with Crippen molar-refractivity contribution in [2.24, 2.45) is 0 Å². The van der Waals surface area contributed by atoms with E-state index in [2.05, 4.69) is 61.8 Å². The molecule has 3 nitrogen and oxygen atoms in total. The number of hydrogen-bond acceptors (Lipinski definition) is 3. The molecule has 0 radical (unpaired) electrons. The zero-order valence-electron chi connectivity index (χ0n) is 12.9. The molecule has 2 aromatic carbocycles. The predicted molar refractivity (Wildman–Crippen MR) is 89.3 cm³/mol. The monoisotopic (exact) mass is 275 g/mol. The topological polar surface area (TPSA) is 30.3 Å². The van der Waals surface area contributed by atoms with Crippen LogP contribution < -0.4 is 15.1 Å². The van der Waals surface area contributed by atoms with Crippen molar-refractivity contribution < 1.29 is 0 Å². The normalized spacial score (nSPS) is 13.4. The fourth-order valence-electron chi connectivity index (χ4n) is 3.09. The molecule has 0 amide bonds. The van der Waals surface area contributed by atoms with Crippen molar-refractivity contribution >= 4 is 23.8 Å². The molecule has 0 saturated heterocycles. The van der Waals surface area contributed by atoms with Crippen LogP contribution in [0.1, 0.15) is 16.7 Å². The van der Waals surface area contributed by atoms with E-state index >= 15 is 0 Å². The Kier molecular flexibility index (Phi) is 3.14. The second-order valence-electron chi connectivity index (χ2n) is 5.76. The Morgan fingerprint density at radius 2 is 1.52 bits per heavy atom. The van der Waals surface area contributed by atoms with Crippen LogP contribution in [-0.2, 0) is 0 Å². The number of anilines is 2. The number of fused-ring (bicyclic) bond motifs is 1. The molecule has 1 aliphatic rings. The Morgan fingerprint density at radius 3 is 2.05 bits per heavy atom. The van der Waals surface area contributed by atoms with Crippen molar-refractivity contribution in [3.8, 4) is 6.07 Å². The molecule has 0 aromatic heterocycles. The average Bonchev–Trinajstić information content (AvgIpc) is 2.71. The van der Waals surface area contributed by atoms with E-state index in [1.165, 1.54) is 22.5 Å². The predicted octanol–water partition coefficient (Wildman–Crippen LogP) is 2.46. The number of rotatable bonds is 1. The van der Waals surface area contributed by atoms with Gasteiger partial charge in [0.05, 0.1) is 11.6 Å². The Balaban J connectivity index is 2.09. The molecule has 3 rings (SSSR count). The SMILES string of the molecule is Cc1cc2c(cc1C)N(C)B(c1cccc(C#N)c1)N2C. The largest absolute Gasteiger partial charge is 0.411 e. The van der Waals surface area contributed by atoms with Crippen molar-refractivity contribution in [2.75, 3.05) is 23.7 Å². The highest BCUT2D eigenvalue weighted by atomic mass is 15.3. The van der Waals surface area contributed by atoms with E-state index in [1.807, 2.05) is 18.2 Å². The Morgan fingerprint density at radius 1 is 0.952 bits per heavy atom. The molecule has 0 bridgehead atoms. The lowest BCUT2D eigenvalue weighted by Gasteiger charge is -2.23. The first-order chi connectivity index (χ1) is 10.0. The summed E-state index contributed by atoms with van der Waals surface area (Å²) in [6.45, 7) is 4.43. The maximum Gasteiger partial charge on any atom is 0.411 e. The van der Waals surface area contributed by atoms with E-state index in [4.69, 9.17) is 5.26 Å². The highest BCUT2D eigenvalue weighted by Gasteiger charge is 2.37. The summed E-state index contributed by atoms with van der Waals surface area (Å²) in [5.41, 5.74) is 6.95. The van der Waals surface area contributed by atoms with Crippen molar-refractivity contribution in [3.05, 3.63) is 53.1 Å². The molecule has 0 spiro atoms. The molecular formula is C17H18BN3. The highest BCUT2D eigenvalue weighted by molar-refractivity contribution is 6.81. The summed E-state index contributed by atoms with van der Waals surface area (Å²) in [4.78, 5) is 4.55. The van der Waals surface area contributed by atoms with Gasteiger partial charge in [-0.1, -0.05) is 12.1 Å². The lowest BCUT2D eigenvalue weighted by Crippen LogP contribution is -2.53. The number of aryl methyl sites for hydroxylation is 2. The zero-order valence-corrected chi connectivity index (χ0v) is 12.9. The van der Waals surface area contributed by atoms with Gasteiger partial charge in [0.25, 0.3) is 0 Å². The first-order valence-electron chi connectivity index (χ1n) is 7.10. The molecule has 0 atom stereocenters. The second-order valence-corrected chi connectivity index (χ2v) is 5.76. The van der Waals surface area contributed by atoms with E-state index < -0.39 is 0 Å². The van der Waals surface area contributed by atoms with Crippen LogP contribution in [0.25, 0.3) is 0 Å². The Bertz CT molecular complexity index is 713. The molecule has 0 aliphatic carbocycles. The highest BCUT2D eigenvalue weighted by Crippen LogP contribution is 2.37. The van der Waals surface area contributed by atoms with Crippen LogP contribution in [0.3, 0.4) is 0 Å². The summed E-state index contributed by atoms with van der Waals surface area (Å²) in [5, 5.41) is 9.11. The quantitative estimate of drug-likeness (QED) is 0.749. The third-order valence-corrected chi connectivity index (χ3v) is 4.40. The van der Waals surface area contributed by atoms with Crippen LogP contribution in [0, 0.1) is 25.2 Å². The summed E-state index contributed by atoms with van der Waals surface area (Å²) >= 11 is 0. The minimum absolute atomic E-state index is 0.134. The van der Waals surface area contributed by atoms with E-state index in [0.717, 1.165) is 5.46 Å². The molecular weight excluding hydrogens is 257 g/mol. The Labute approximate surface area is 126 Å². The van der Waals surface area contributed by atoms with Gasteiger partial charge in [-0.15, -0.1) is 0 Å². The van der Waals surface area contributed by atoms with Gasteiger partial charge in [0, 0.05) is 11.4 Å². The van der Waals surface area contributed by atoms with Gasteiger partial charge in [-0.25, -0.2) is 0 Å². The van der Waals surface area contributed by atoms with Crippen molar-refractivity contribution in [1.29, 1.82) is 5.26 Å². The molecule has 0 saturated carbocycles. The lowest BCUT2D eigenvalue weighted by atomic mass is 9.65. The van der Waals surface area contributed by atoms with Gasteiger partial charge in [0.1, 0.15) is 0 Å². The summed E-state index contributed by atoms with van der Waals surface area (Å²) in [7, 11) is 4.22. The maximum atomic E-state index is 9.11. The first kappa shape index (κ1) is 13.6. The minimum Gasteiger partial charge on any atom is -0.393 e. The molecule has 1 aliphatic heterocycles. The summed E-state index contributed by atoms with van der Waals surface area (Å²) in [6.07, 6.45) is 0. The number of nitriles is 1. The smallest absolute Gasteiger partial charge is 0.393 e. The van der Waals surface area contributed by atoms with Gasteiger partial charge in [-0.05, 0) is 68.8 Å². The van der Waals surface area contributed by atoms with Crippen LogP contribution >= 0.6 is 0 Å². The van der Waals surface area contributed by atoms with Crippen LogP contribution in [0.2, 0.25) is 0 Å². The van der Waals surface area contributed by atoms with Crippen LogP contribution in [0.4, 0.5) is 11.4 Å². The summed E-state index contributed by atoms with van der Waals surface area (Å²) in [5.74, 6) is 0. The van der Waals surface area contributed by atoms with Crippen molar-refractivity contribution in [3.63, 3.8) is 0 Å². The molecule has 1 heterocycles. The van der Waals surface area contributed by atoms with E-state index in [9.17, 15) is 0 Å². The number of nitrogens with zero attached hydrogens (tertiary/aromatic N) is 3. The Hall–Kier alpha value is -2.41. The first-order valence-corrected chi connectivity index (χ1v) is 7.10. The summed E-state index contributed by atoms with van der Waals surface area (Å²) in [6, 6.07) is 14.6. The third kappa shape index (κ3) is 2.06. The van der Waals surface area contributed by atoms with E-state index in [1.54, 1.807) is 0 Å². The molecule has 21 heavy (non-hydrogen) atoms. The fourth-order valence-corrected chi connectivity index (χ4v) is 3.09. The van der Waals surface area contributed by atoms with Crippen LogP contribution in [0.5, 0.6) is 0 Å². The van der Waals surface area contributed by atoms with E-state index in [-0.39, 0.29) is 6.98 Å². The molecule has 104 valence electrons. The van der Waals surface area contributed by atoms with Gasteiger partial charge < -0.3 is 9.62 Å². The minimum atomic E-state index is 0.134. The second kappa shape index (κ2) is 4.85. The van der Waals surface area contributed by atoms with Gasteiger partial charge >= 0.3 is 6.98 Å². The number of benzene rings is 2. The van der Waals surface area contributed by atoms with Gasteiger partial charge in [-0.3, -0.25) is 0 Å². The maximum absolute atomic E-state index is 9.11. The van der Waals surface area contributed by atoms with E-state index in [0.29, 0.717) is 5.56 Å². The van der Waals surface area contributed by atoms with Crippen LogP contribution in [0.15, 0.2) is 36.4 Å². The fraction of sp³-hybridized carbons (Fsp3) is 0.235. The zero-order chi connectivity index (χ0) is 15.1. The van der Waals surface area contributed by atoms with Gasteiger partial charge in [0.15, 0.2) is 0 Å². The van der Waals surface area contributed by atoms with Crippen molar-refractivity contribution in [2.45, 2.75) is 13.8 Å². The molecule has 2 aromatic rings. The lowest BCUT2D eigenvalue weighted by molar-refractivity contribution is 1.29. The molecule has 0 N–H and O–H groups in total. The number of hydrogen-bond donors (Lipinski definition) is 0. The van der Waals surface area contributed by atoms with Crippen molar-refractivity contribution in [1.82, 2.24) is 0 Å². The molecule has 0 fully saturated rings. The van der Waals surface area contributed by atoms with Gasteiger partial charge in [0.2, 0.25) is 0 Å². The average molecular weight is 275 g/mol. The summed E-state index contributed by atoms with van der Waals surface area (Å²) < 4.78 is 0. The third-order valence-electron chi connectivity index (χ3n) is 4.40.